The zero-order valence-electron chi connectivity index (χ0n) is 11.5. The second kappa shape index (κ2) is 5.87. The highest BCUT2D eigenvalue weighted by molar-refractivity contribution is 9.10. The molecule has 2 atom stereocenters. The molecule has 0 amide bonds. The minimum atomic E-state index is -0.147. The molecule has 21 heavy (non-hydrogen) atoms. The van der Waals surface area contributed by atoms with Gasteiger partial charge in [0.05, 0.1) is 7.11 Å². The topological polar surface area (TPSA) is 44.5 Å². The Balaban J connectivity index is 1.96. The monoisotopic (exact) mass is 367 g/mol. The first kappa shape index (κ1) is 14.7. The summed E-state index contributed by atoms with van der Waals surface area (Å²) in [6.07, 6.45) is 0.530. The minimum absolute atomic E-state index is 0.108. The summed E-state index contributed by atoms with van der Waals surface area (Å²) < 4.78 is 12.3. The van der Waals surface area contributed by atoms with E-state index in [1.165, 1.54) is 0 Å². The molecule has 0 bridgehead atoms. The second-order valence-electron chi connectivity index (χ2n) is 5.02. The van der Waals surface area contributed by atoms with Crippen molar-refractivity contribution in [1.82, 2.24) is 0 Å². The van der Waals surface area contributed by atoms with E-state index in [1.54, 1.807) is 7.11 Å². The highest BCUT2D eigenvalue weighted by Gasteiger charge is 2.28. The van der Waals surface area contributed by atoms with E-state index in [2.05, 4.69) is 15.9 Å². The summed E-state index contributed by atoms with van der Waals surface area (Å²) in [4.78, 5) is 0. The molecule has 0 spiro atoms. The summed E-state index contributed by atoms with van der Waals surface area (Å²) in [5.74, 6) is 1.57. The van der Waals surface area contributed by atoms with Crippen LogP contribution in [0.4, 0.5) is 0 Å². The van der Waals surface area contributed by atoms with Crippen molar-refractivity contribution in [3.8, 4) is 11.5 Å². The third-order valence-corrected chi connectivity index (χ3v) is 4.50. The zero-order valence-corrected chi connectivity index (χ0v) is 13.8. The number of nitrogens with two attached hydrogens (primary N) is 1. The lowest BCUT2D eigenvalue weighted by molar-refractivity contribution is 0.161. The summed E-state index contributed by atoms with van der Waals surface area (Å²) in [6, 6.07) is 11.3. The molecule has 0 radical (unpaired) electrons. The lowest BCUT2D eigenvalue weighted by Crippen LogP contribution is -2.24. The van der Waals surface area contributed by atoms with Crippen molar-refractivity contribution in [3.63, 3.8) is 0 Å². The molecule has 3 nitrogen and oxygen atoms in total. The van der Waals surface area contributed by atoms with Crippen molar-refractivity contribution in [2.75, 3.05) is 7.11 Å². The van der Waals surface area contributed by atoms with Crippen LogP contribution in [0, 0.1) is 0 Å². The van der Waals surface area contributed by atoms with Gasteiger partial charge in [-0.1, -0.05) is 27.5 Å². The van der Waals surface area contributed by atoms with E-state index in [4.69, 9.17) is 26.8 Å². The van der Waals surface area contributed by atoms with Gasteiger partial charge in [-0.3, -0.25) is 0 Å². The van der Waals surface area contributed by atoms with E-state index in [0.717, 1.165) is 27.1 Å². The van der Waals surface area contributed by atoms with E-state index < -0.39 is 0 Å². The number of fused-ring (bicyclic) bond motifs is 1. The van der Waals surface area contributed by atoms with Crippen LogP contribution in [0.15, 0.2) is 40.9 Å². The SMILES string of the molecule is COc1ccc2c(c1)[C@@H](N)CC(c1cc(Br)ccc1Cl)O2. The predicted molar refractivity (Wildman–Crippen MR) is 87.1 cm³/mol. The third kappa shape index (κ3) is 2.89. The van der Waals surface area contributed by atoms with E-state index in [-0.39, 0.29) is 12.1 Å². The van der Waals surface area contributed by atoms with Crippen LogP contribution in [0.3, 0.4) is 0 Å². The van der Waals surface area contributed by atoms with Crippen LogP contribution in [-0.2, 0) is 0 Å². The van der Waals surface area contributed by atoms with E-state index in [9.17, 15) is 0 Å². The maximum Gasteiger partial charge on any atom is 0.127 e. The van der Waals surface area contributed by atoms with Gasteiger partial charge in [0.15, 0.2) is 0 Å². The standard InChI is InChI=1S/C16H15BrClNO2/c1-20-10-3-5-15-12(7-10)14(19)8-16(21-15)11-6-9(17)2-4-13(11)18/h2-7,14,16H,8,19H2,1H3/t14-,16?/m0/s1. The molecule has 3 rings (SSSR count). The van der Waals surface area contributed by atoms with Gasteiger partial charge in [-0.25, -0.2) is 0 Å². The molecule has 5 heteroatoms. The van der Waals surface area contributed by atoms with E-state index in [1.807, 2.05) is 36.4 Å². The first-order valence-corrected chi connectivity index (χ1v) is 7.80. The molecule has 0 aliphatic carbocycles. The largest absolute Gasteiger partial charge is 0.497 e. The molecule has 1 aliphatic heterocycles. The molecule has 110 valence electrons. The third-order valence-electron chi connectivity index (χ3n) is 3.66. The maximum atomic E-state index is 6.30. The summed E-state index contributed by atoms with van der Waals surface area (Å²) in [6.45, 7) is 0. The van der Waals surface area contributed by atoms with Crippen molar-refractivity contribution < 1.29 is 9.47 Å². The summed E-state index contributed by atoms with van der Waals surface area (Å²) in [5, 5.41) is 0.687. The average Bonchev–Trinajstić information content (AvgIpc) is 2.49. The Morgan fingerprint density at radius 1 is 1.24 bits per heavy atom. The predicted octanol–water partition coefficient (Wildman–Crippen LogP) is 4.63. The van der Waals surface area contributed by atoms with Crippen molar-refractivity contribution in [3.05, 3.63) is 57.0 Å². The average molecular weight is 369 g/mol. The number of ether oxygens (including phenoxy) is 2. The Hall–Kier alpha value is -1.23. The molecule has 2 aromatic carbocycles. The van der Waals surface area contributed by atoms with Crippen molar-refractivity contribution >= 4 is 27.5 Å². The van der Waals surface area contributed by atoms with Gasteiger partial charge in [-0.2, -0.15) is 0 Å². The number of benzene rings is 2. The van der Waals surface area contributed by atoms with Crippen molar-refractivity contribution in [2.45, 2.75) is 18.6 Å². The first-order valence-electron chi connectivity index (χ1n) is 6.63. The van der Waals surface area contributed by atoms with Gasteiger partial charge < -0.3 is 15.2 Å². The fraction of sp³-hybridized carbons (Fsp3) is 0.250. The lowest BCUT2D eigenvalue weighted by Gasteiger charge is -2.31. The van der Waals surface area contributed by atoms with Gasteiger partial charge in [0, 0.05) is 33.1 Å². The van der Waals surface area contributed by atoms with Crippen LogP contribution < -0.4 is 15.2 Å². The highest BCUT2D eigenvalue weighted by atomic mass is 79.9. The maximum absolute atomic E-state index is 6.30. The van der Waals surface area contributed by atoms with Gasteiger partial charge >= 0.3 is 0 Å². The Morgan fingerprint density at radius 3 is 2.81 bits per heavy atom. The van der Waals surface area contributed by atoms with Crippen molar-refractivity contribution in [2.24, 2.45) is 5.73 Å². The van der Waals surface area contributed by atoms with Gasteiger partial charge in [-0.05, 0) is 36.4 Å². The smallest absolute Gasteiger partial charge is 0.127 e. The van der Waals surface area contributed by atoms with Crippen LogP contribution in [0.5, 0.6) is 11.5 Å². The molecule has 0 saturated heterocycles. The van der Waals surface area contributed by atoms with E-state index in [0.29, 0.717) is 11.4 Å². The molecule has 0 fully saturated rings. The summed E-state index contributed by atoms with van der Waals surface area (Å²) in [5.41, 5.74) is 8.21. The number of hydrogen-bond donors (Lipinski definition) is 1. The summed E-state index contributed by atoms with van der Waals surface area (Å²) >= 11 is 9.76. The van der Waals surface area contributed by atoms with E-state index >= 15 is 0 Å². The van der Waals surface area contributed by atoms with Crippen LogP contribution in [0.25, 0.3) is 0 Å². The number of halogens is 2. The van der Waals surface area contributed by atoms with Crippen LogP contribution in [0.2, 0.25) is 5.02 Å². The van der Waals surface area contributed by atoms with Gasteiger partial charge in [0.25, 0.3) is 0 Å². The molecule has 0 saturated carbocycles. The second-order valence-corrected chi connectivity index (χ2v) is 6.34. The molecule has 2 N–H and O–H groups in total. The molecule has 1 aliphatic rings. The molecular formula is C16H15BrClNO2. The van der Waals surface area contributed by atoms with Crippen LogP contribution in [-0.4, -0.2) is 7.11 Å². The normalized spacial score (nSPS) is 20.6. The number of rotatable bonds is 2. The fourth-order valence-corrected chi connectivity index (χ4v) is 3.18. The Bertz CT molecular complexity index is 677. The van der Waals surface area contributed by atoms with Crippen molar-refractivity contribution in [1.29, 1.82) is 0 Å². The van der Waals surface area contributed by atoms with Gasteiger partial charge in [0.1, 0.15) is 17.6 Å². The fourth-order valence-electron chi connectivity index (χ4n) is 2.56. The zero-order chi connectivity index (χ0) is 15.0. The Labute approximate surface area is 137 Å². The molecule has 0 aromatic heterocycles. The molecule has 1 unspecified atom stereocenters. The Kier molecular flexibility index (Phi) is 4.11. The molecule has 2 aromatic rings. The number of hydrogen-bond acceptors (Lipinski definition) is 3. The highest BCUT2D eigenvalue weighted by Crippen LogP contribution is 2.43. The first-order chi connectivity index (χ1) is 10.1. The van der Waals surface area contributed by atoms with Gasteiger partial charge in [0.2, 0.25) is 0 Å². The quantitative estimate of drug-likeness (QED) is 0.840. The van der Waals surface area contributed by atoms with Crippen LogP contribution in [0.1, 0.15) is 29.7 Å². The number of methoxy groups -OCH3 is 1. The Morgan fingerprint density at radius 2 is 2.05 bits per heavy atom. The lowest BCUT2D eigenvalue weighted by atomic mass is 9.93. The van der Waals surface area contributed by atoms with Gasteiger partial charge in [-0.15, -0.1) is 0 Å². The molecular weight excluding hydrogens is 354 g/mol. The minimum Gasteiger partial charge on any atom is -0.497 e. The van der Waals surface area contributed by atoms with Crippen LogP contribution >= 0.6 is 27.5 Å². The molecule has 1 heterocycles. The summed E-state index contributed by atoms with van der Waals surface area (Å²) in [7, 11) is 1.64.